The van der Waals surface area contributed by atoms with Gasteiger partial charge in [0, 0.05) is 11.8 Å². The molecular formula is C31H30N4O. The molecule has 5 nitrogen and oxygen atoms in total. The molecule has 3 aromatic carbocycles. The SMILES string of the molecule is Cc1c(C(=O)NC(Cc2ccccc2)c2ccccc2)cnc2c(-c3ccc(C(C)C)cc3)cnn12. The molecule has 1 atom stereocenters. The number of fused-ring (bicyclic) bond motifs is 1. The molecule has 0 bridgehead atoms. The van der Waals surface area contributed by atoms with Gasteiger partial charge in [-0.05, 0) is 41.5 Å². The Kier molecular flexibility index (Phi) is 6.63. The highest BCUT2D eigenvalue weighted by Crippen LogP contribution is 2.27. The smallest absolute Gasteiger partial charge is 0.255 e. The third-order valence-corrected chi connectivity index (χ3v) is 6.69. The van der Waals surface area contributed by atoms with Crippen molar-refractivity contribution in [3.63, 3.8) is 0 Å². The third-order valence-electron chi connectivity index (χ3n) is 6.69. The van der Waals surface area contributed by atoms with Crippen molar-refractivity contribution in [2.45, 2.75) is 39.2 Å². The van der Waals surface area contributed by atoms with Gasteiger partial charge >= 0.3 is 0 Å². The van der Waals surface area contributed by atoms with Crippen LogP contribution < -0.4 is 5.32 Å². The van der Waals surface area contributed by atoms with E-state index >= 15 is 0 Å². The van der Waals surface area contributed by atoms with Crippen LogP contribution in [0.2, 0.25) is 0 Å². The first-order chi connectivity index (χ1) is 17.5. The quantitative estimate of drug-likeness (QED) is 0.291. The first kappa shape index (κ1) is 23.5. The minimum Gasteiger partial charge on any atom is -0.345 e. The largest absolute Gasteiger partial charge is 0.345 e. The van der Waals surface area contributed by atoms with Crippen LogP contribution in [0.3, 0.4) is 0 Å². The van der Waals surface area contributed by atoms with E-state index < -0.39 is 0 Å². The molecule has 0 saturated carbocycles. The highest BCUT2D eigenvalue weighted by atomic mass is 16.1. The van der Waals surface area contributed by atoms with Crippen LogP contribution >= 0.6 is 0 Å². The predicted molar refractivity (Wildman–Crippen MR) is 144 cm³/mol. The zero-order valence-electron chi connectivity index (χ0n) is 20.8. The van der Waals surface area contributed by atoms with Crippen molar-refractivity contribution in [1.82, 2.24) is 19.9 Å². The topological polar surface area (TPSA) is 59.3 Å². The molecule has 1 N–H and O–H groups in total. The minimum absolute atomic E-state index is 0.162. The monoisotopic (exact) mass is 474 g/mol. The number of carbonyl (C=O) groups is 1. The molecule has 0 spiro atoms. The van der Waals surface area contributed by atoms with Crippen LogP contribution in [0.1, 0.15) is 58.5 Å². The maximum absolute atomic E-state index is 13.5. The lowest BCUT2D eigenvalue weighted by molar-refractivity contribution is 0.0935. The summed E-state index contributed by atoms with van der Waals surface area (Å²) in [5, 5.41) is 7.81. The molecule has 180 valence electrons. The number of nitrogens with zero attached hydrogens (tertiary/aromatic N) is 3. The van der Waals surface area contributed by atoms with Gasteiger partial charge in [-0.2, -0.15) is 5.10 Å². The van der Waals surface area contributed by atoms with E-state index in [2.05, 4.69) is 65.6 Å². The highest BCUT2D eigenvalue weighted by Gasteiger charge is 2.20. The number of benzene rings is 3. The summed E-state index contributed by atoms with van der Waals surface area (Å²) in [5.74, 6) is 0.316. The second-order valence-electron chi connectivity index (χ2n) is 9.45. The van der Waals surface area contributed by atoms with Gasteiger partial charge in [0.2, 0.25) is 0 Å². The van der Waals surface area contributed by atoms with Crippen LogP contribution in [0, 0.1) is 6.92 Å². The second kappa shape index (κ2) is 10.2. The number of aryl methyl sites for hydroxylation is 1. The number of carbonyl (C=O) groups excluding carboxylic acids is 1. The van der Waals surface area contributed by atoms with Gasteiger partial charge in [-0.15, -0.1) is 0 Å². The van der Waals surface area contributed by atoms with Gasteiger partial charge in [0.1, 0.15) is 0 Å². The standard InChI is InChI=1S/C31H30N4O/c1-21(2)24-14-16-25(17-15-24)28-20-33-35-22(3)27(19-32-30(28)35)31(36)34-29(26-12-8-5-9-13-26)18-23-10-6-4-7-11-23/h4-17,19-21,29H,18H2,1-3H3,(H,34,36). The van der Waals surface area contributed by atoms with Gasteiger partial charge in [0.15, 0.2) is 5.65 Å². The van der Waals surface area contributed by atoms with Crippen LogP contribution in [0.25, 0.3) is 16.8 Å². The lowest BCUT2D eigenvalue weighted by Crippen LogP contribution is -2.31. The number of aromatic nitrogens is 3. The highest BCUT2D eigenvalue weighted by molar-refractivity contribution is 5.95. The molecule has 0 radical (unpaired) electrons. The summed E-state index contributed by atoms with van der Waals surface area (Å²) < 4.78 is 1.76. The maximum atomic E-state index is 13.5. The molecule has 2 heterocycles. The molecule has 1 amide bonds. The number of rotatable bonds is 7. The number of amides is 1. The fourth-order valence-corrected chi connectivity index (χ4v) is 4.54. The van der Waals surface area contributed by atoms with Crippen molar-refractivity contribution in [1.29, 1.82) is 0 Å². The van der Waals surface area contributed by atoms with Crippen LogP contribution in [-0.2, 0) is 6.42 Å². The Balaban J connectivity index is 1.44. The molecule has 0 aliphatic rings. The lowest BCUT2D eigenvalue weighted by Gasteiger charge is -2.20. The predicted octanol–water partition coefficient (Wildman–Crippen LogP) is 6.54. The van der Waals surface area contributed by atoms with Crippen molar-refractivity contribution in [3.8, 4) is 11.1 Å². The summed E-state index contributed by atoms with van der Waals surface area (Å²) >= 11 is 0. The van der Waals surface area contributed by atoms with Gasteiger partial charge in [-0.1, -0.05) is 98.8 Å². The van der Waals surface area contributed by atoms with E-state index in [0.29, 0.717) is 17.9 Å². The van der Waals surface area contributed by atoms with Crippen molar-refractivity contribution >= 4 is 11.6 Å². The normalized spacial score (nSPS) is 12.1. The molecule has 0 aliphatic carbocycles. The number of hydrogen-bond acceptors (Lipinski definition) is 3. The van der Waals surface area contributed by atoms with Crippen molar-refractivity contribution < 1.29 is 4.79 Å². The molecule has 0 fully saturated rings. The van der Waals surface area contributed by atoms with Crippen LogP contribution in [0.5, 0.6) is 0 Å². The van der Waals surface area contributed by atoms with E-state index in [1.165, 1.54) is 5.56 Å². The van der Waals surface area contributed by atoms with Crippen LogP contribution in [-0.4, -0.2) is 20.5 Å². The summed E-state index contributed by atoms with van der Waals surface area (Å²) in [5.41, 5.74) is 7.55. The first-order valence-corrected chi connectivity index (χ1v) is 12.3. The van der Waals surface area contributed by atoms with E-state index in [-0.39, 0.29) is 11.9 Å². The van der Waals surface area contributed by atoms with Gasteiger partial charge in [-0.3, -0.25) is 4.79 Å². The summed E-state index contributed by atoms with van der Waals surface area (Å²) in [7, 11) is 0. The first-order valence-electron chi connectivity index (χ1n) is 12.3. The van der Waals surface area contributed by atoms with E-state index in [0.717, 1.165) is 33.6 Å². The number of nitrogens with one attached hydrogen (secondary N) is 1. The van der Waals surface area contributed by atoms with Crippen LogP contribution in [0.15, 0.2) is 97.3 Å². The molecule has 2 aromatic heterocycles. The Morgan fingerprint density at radius 3 is 2.19 bits per heavy atom. The fourth-order valence-electron chi connectivity index (χ4n) is 4.54. The molecule has 1 unspecified atom stereocenters. The summed E-state index contributed by atoms with van der Waals surface area (Å²) in [4.78, 5) is 18.1. The summed E-state index contributed by atoms with van der Waals surface area (Å²) in [6.07, 6.45) is 4.19. The third kappa shape index (κ3) is 4.78. The average Bonchev–Trinajstić information content (AvgIpc) is 3.35. The summed E-state index contributed by atoms with van der Waals surface area (Å²) in [6.45, 7) is 6.28. The minimum atomic E-state index is -0.163. The lowest BCUT2D eigenvalue weighted by atomic mass is 9.98. The summed E-state index contributed by atoms with van der Waals surface area (Å²) in [6, 6.07) is 28.6. The molecule has 0 saturated heterocycles. The van der Waals surface area contributed by atoms with Gasteiger partial charge in [-0.25, -0.2) is 9.50 Å². The molecule has 5 aromatic rings. The Hall–Kier alpha value is -4.25. The fraction of sp³-hybridized carbons (Fsp3) is 0.194. The molecular weight excluding hydrogens is 444 g/mol. The van der Waals surface area contributed by atoms with E-state index in [9.17, 15) is 4.79 Å². The van der Waals surface area contributed by atoms with E-state index in [4.69, 9.17) is 0 Å². The van der Waals surface area contributed by atoms with Gasteiger partial charge < -0.3 is 5.32 Å². The molecule has 5 rings (SSSR count). The van der Waals surface area contributed by atoms with Crippen molar-refractivity contribution in [2.75, 3.05) is 0 Å². The van der Waals surface area contributed by atoms with Crippen molar-refractivity contribution in [2.24, 2.45) is 0 Å². The Bertz CT molecular complexity index is 1470. The van der Waals surface area contributed by atoms with Crippen molar-refractivity contribution in [3.05, 3.63) is 125 Å². The van der Waals surface area contributed by atoms with E-state index in [1.54, 1.807) is 10.7 Å². The van der Waals surface area contributed by atoms with Crippen LogP contribution in [0.4, 0.5) is 0 Å². The average molecular weight is 475 g/mol. The van der Waals surface area contributed by atoms with Gasteiger partial charge in [0.25, 0.3) is 5.91 Å². The second-order valence-corrected chi connectivity index (χ2v) is 9.45. The number of hydrogen-bond donors (Lipinski definition) is 1. The molecule has 0 aliphatic heterocycles. The molecule has 36 heavy (non-hydrogen) atoms. The Labute approximate surface area is 211 Å². The maximum Gasteiger partial charge on any atom is 0.255 e. The Morgan fingerprint density at radius 2 is 1.53 bits per heavy atom. The molecule has 5 heteroatoms. The zero-order valence-corrected chi connectivity index (χ0v) is 20.8. The van der Waals surface area contributed by atoms with E-state index in [1.807, 2.05) is 61.7 Å². The zero-order chi connectivity index (χ0) is 25.1. The Morgan fingerprint density at radius 1 is 0.861 bits per heavy atom. The van der Waals surface area contributed by atoms with Gasteiger partial charge in [0.05, 0.1) is 23.5 Å².